The highest BCUT2D eigenvalue weighted by atomic mass is 19.4. The van der Waals surface area contributed by atoms with Crippen LogP contribution >= 0.6 is 0 Å². The largest absolute Gasteiger partial charge is 0.573 e. The summed E-state index contributed by atoms with van der Waals surface area (Å²) in [6.45, 7) is 7.41. The van der Waals surface area contributed by atoms with Gasteiger partial charge in [-0.1, -0.05) is 12.1 Å². The van der Waals surface area contributed by atoms with Gasteiger partial charge in [0.25, 0.3) is 0 Å². The van der Waals surface area contributed by atoms with Crippen LogP contribution in [0.5, 0.6) is 5.75 Å². The second kappa shape index (κ2) is 8.24. The molecule has 1 aromatic rings. The average molecular weight is 305 g/mol. The standard InChI is InChI=1S/C15H22F3NO2/c1-11(2)20-10-4-9-19-12(3)13-5-7-14(8-6-13)21-15(16,17)18/h5-8,11-12,19H,4,9-10H2,1-3H3. The van der Waals surface area contributed by atoms with Crippen molar-refractivity contribution in [1.82, 2.24) is 5.32 Å². The fourth-order valence-corrected chi connectivity index (χ4v) is 1.79. The van der Waals surface area contributed by atoms with Crippen molar-refractivity contribution in [3.63, 3.8) is 0 Å². The molecule has 1 unspecified atom stereocenters. The average Bonchev–Trinajstić information content (AvgIpc) is 2.36. The molecule has 1 aromatic carbocycles. The highest BCUT2D eigenvalue weighted by Crippen LogP contribution is 2.24. The van der Waals surface area contributed by atoms with Gasteiger partial charge in [0.15, 0.2) is 0 Å². The summed E-state index contributed by atoms with van der Waals surface area (Å²) < 4.78 is 45.4. The van der Waals surface area contributed by atoms with Gasteiger partial charge in [-0.15, -0.1) is 13.2 Å². The van der Waals surface area contributed by atoms with Crippen molar-refractivity contribution in [3.8, 4) is 5.75 Å². The Kier molecular flexibility index (Phi) is 6.98. The lowest BCUT2D eigenvalue weighted by Crippen LogP contribution is -2.21. The highest BCUT2D eigenvalue weighted by molar-refractivity contribution is 5.29. The molecule has 3 nitrogen and oxygen atoms in total. The van der Waals surface area contributed by atoms with Crippen molar-refractivity contribution in [3.05, 3.63) is 29.8 Å². The smallest absolute Gasteiger partial charge is 0.406 e. The van der Waals surface area contributed by atoms with Gasteiger partial charge < -0.3 is 14.8 Å². The molecule has 0 amide bonds. The first kappa shape index (κ1) is 17.8. The van der Waals surface area contributed by atoms with Crippen LogP contribution in [-0.2, 0) is 4.74 Å². The Morgan fingerprint density at radius 2 is 1.71 bits per heavy atom. The van der Waals surface area contributed by atoms with Crippen molar-refractivity contribution in [2.75, 3.05) is 13.2 Å². The van der Waals surface area contributed by atoms with Crippen molar-refractivity contribution in [2.24, 2.45) is 0 Å². The first-order chi connectivity index (χ1) is 9.78. The fraction of sp³-hybridized carbons (Fsp3) is 0.600. The third kappa shape index (κ3) is 7.92. The lowest BCUT2D eigenvalue weighted by atomic mass is 10.1. The van der Waals surface area contributed by atoms with E-state index in [1.807, 2.05) is 20.8 Å². The van der Waals surface area contributed by atoms with E-state index < -0.39 is 6.36 Å². The van der Waals surface area contributed by atoms with E-state index in [1.54, 1.807) is 12.1 Å². The number of alkyl halides is 3. The lowest BCUT2D eigenvalue weighted by molar-refractivity contribution is -0.274. The molecule has 0 saturated carbocycles. The minimum absolute atomic E-state index is 0.0592. The normalized spacial score (nSPS) is 13.5. The van der Waals surface area contributed by atoms with Crippen LogP contribution in [0.25, 0.3) is 0 Å². The molecule has 0 radical (unpaired) electrons. The molecule has 0 aliphatic rings. The topological polar surface area (TPSA) is 30.5 Å². The first-order valence-corrected chi connectivity index (χ1v) is 6.98. The molecule has 0 aliphatic carbocycles. The van der Waals surface area contributed by atoms with Crippen LogP contribution in [-0.4, -0.2) is 25.6 Å². The third-order valence-corrected chi connectivity index (χ3v) is 2.84. The van der Waals surface area contributed by atoms with Crippen molar-refractivity contribution in [2.45, 2.75) is 45.7 Å². The molecular weight excluding hydrogens is 283 g/mol. The summed E-state index contributed by atoms with van der Waals surface area (Å²) >= 11 is 0. The van der Waals surface area contributed by atoms with Gasteiger partial charge in [-0.25, -0.2) is 0 Å². The van der Waals surface area contributed by atoms with Gasteiger partial charge in [0.1, 0.15) is 5.75 Å². The van der Waals surface area contributed by atoms with E-state index in [2.05, 4.69) is 10.1 Å². The monoisotopic (exact) mass is 305 g/mol. The fourth-order valence-electron chi connectivity index (χ4n) is 1.79. The second-order valence-corrected chi connectivity index (χ2v) is 5.07. The maximum Gasteiger partial charge on any atom is 0.573 e. The van der Waals surface area contributed by atoms with Crippen molar-refractivity contribution in [1.29, 1.82) is 0 Å². The van der Waals surface area contributed by atoms with Crippen LogP contribution in [0.15, 0.2) is 24.3 Å². The van der Waals surface area contributed by atoms with Gasteiger partial charge in [0.05, 0.1) is 6.10 Å². The number of halogens is 3. The van der Waals surface area contributed by atoms with Crippen molar-refractivity contribution >= 4 is 0 Å². The molecule has 0 heterocycles. The molecule has 21 heavy (non-hydrogen) atoms. The van der Waals surface area contributed by atoms with Gasteiger partial charge in [0, 0.05) is 12.6 Å². The zero-order valence-electron chi connectivity index (χ0n) is 12.5. The third-order valence-electron chi connectivity index (χ3n) is 2.84. The molecule has 6 heteroatoms. The predicted molar refractivity (Wildman–Crippen MR) is 75.2 cm³/mol. The summed E-state index contributed by atoms with van der Waals surface area (Å²) in [5, 5.41) is 3.30. The molecule has 0 bridgehead atoms. The van der Waals surface area contributed by atoms with E-state index in [4.69, 9.17) is 4.74 Å². The highest BCUT2D eigenvalue weighted by Gasteiger charge is 2.30. The second-order valence-electron chi connectivity index (χ2n) is 5.07. The van der Waals surface area contributed by atoms with Gasteiger partial charge in [-0.3, -0.25) is 0 Å². The van der Waals surface area contributed by atoms with Crippen LogP contribution in [0.3, 0.4) is 0 Å². The Balaban J connectivity index is 2.36. The molecule has 0 aliphatic heterocycles. The van der Waals surface area contributed by atoms with Gasteiger partial charge in [-0.05, 0) is 51.4 Å². The van der Waals surface area contributed by atoms with Crippen LogP contribution < -0.4 is 10.1 Å². The number of ether oxygens (including phenoxy) is 2. The Morgan fingerprint density at radius 1 is 1.10 bits per heavy atom. The van der Waals surface area contributed by atoms with E-state index in [1.165, 1.54) is 12.1 Å². The molecule has 0 aromatic heterocycles. The SMILES string of the molecule is CC(C)OCCCNC(C)c1ccc(OC(F)(F)F)cc1. The Labute approximate surface area is 123 Å². The predicted octanol–water partition coefficient (Wildman–Crippen LogP) is 4.05. The number of hydrogen-bond donors (Lipinski definition) is 1. The lowest BCUT2D eigenvalue weighted by Gasteiger charge is -2.15. The van der Waals surface area contributed by atoms with E-state index in [0.29, 0.717) is 6.61 Å². The molecule has 0 fully saturated rings. The van der Waals surface area contributed by atoms with E-state index in [-0.39, 0.29) is 17.9 Å². The van der Waals surface area contributed by atoms with Gasteiger partial charge in [0.2, 0.25) is 0 Å². The van der Waals surface area contributed by atoms with Crippen LogP contribution in [0.2, 0.25) is 0 Å². The summed E-state index contributed by atoms with van der Waals surface area (Å²) in [5.74, 6) is -0.205. The van der Waals surface area contributed by atoms with Crippen LogP contribution in [0.4, 0.5) is 13.2 Å². The van der Waals surface area contributed by atoms with Crippen LogP contribution in [0.1, 0.15) is 38.8 Å². The van der Waals surface area contributed by atoms with E-state index >= 15 is 0 Å². The summed E-state index contributed by atoms with van der Waals surface area (Å²) in [6.07, 6.45) is -3.54. The molecule has 1 atom stereocenters. The summed E-state index contributed by atoms with van der Waals surface area (Å²) in [6, 6.07) is 5.96. The quantitative estimate of drug-likeness (QED) is 0.735. The zero-order valence-corrected chi connectivity index (χ0v) is 12.5. The molecule has 0 saturated heterocycles. The van der Waals surface area contributed by atoms with Gasteiger partial charge >= 0.3 is 6.36 Å². The Hall–Kier alpha value is -1.27. The molecule has 1 rings (SSSR count). The number of rotatable bonds is 8. The number of hydrogen-bond acceptors (Lipinski definition) is 3. The zero-order chi connectivity index (χ0) is 15.9. The minimum Gasteiger partial charge on any atom is -0.406 e. The Bertz CT molecular complexity index is 404. The first-order valence-electron chi connectivity index (χ1n) is 6.98. The molecule has 120 valence electrons. The maximum absolute atomic E-state index is 12.0. The summed E-state index contributed by atoms with van der Waals surface area (Å²) in [7, 11) is 0. The Morgan fingerprint density at radius 3 is 2.24 bits per heavy atom. The number of nitrogens with one attached hydrogen (secondary N) is 1. The molecular formula is C15H22F3NO2. The van der Waals surface area contributed by atoms with Crippen LogP contribution in [0, 0.1) is 0 Å². The molecule has 1 N–H and O–H groups in total. The van der Waals surface area contributed by atoms with Gasteiger partial charge in [-0.2, -0.15) is 0 Å². The molecule has 0 spiro atoms. The summed E-state index contributed by atoms with van der Waals surface area (Å²) in [4.78, 5) is 0. The number of benzene rings is 1. The van der Waals surface area contributed by atoms with Crippen molar-refractivity contribution < 1.29 is 22.6 Å². The van der Waals surface area contributed by atoms with E-state index in [0.717, 1.165) is 18.5 Å². The maximum atomic E-state index is 12.0. The minimum atomic E-state index is -4.65. The summed E-state index contributed by atoms with van der Waals surface area (Å²) in [5.41, 5.74) is 0.911. The van der Waals surface area contributed by atoms with E-state index in [9.17, 15) is 13.2 Å².